The van der Waals surface area contributed by atoms with Crippen LogP contribution in [-0.2, 0) is 10.0 Å². The van der Waals surface area contributed by atoms with Crippen LogP contribution in [0, 0.1) is 5.41 Å². The summed E-state index contributed by atoms with van der Waals surface area (Å²) in [4.78, 5) is -0.218. The van der Waals surface area contributed by atoms with Crippen molar-refractivity contribution in [2.45, 2.75) is 18.7 Å². The largest absolute Gasteiger partial charge is 0.409 e. The van der Waals surface area contributed by atoms with E-state index in [0.717, 1.165) is 0 Å². The summed E-state index contributed by atoms with van der Waals surface area (Å²) in [6.07, 6.45) is 0. The molecule has 0 bridgehead atoms. The van der Waals surface area contributed by atoms with Gasteiger partial charge in [0.2, 0.25) is 10.0 Å². The second-order valence-corrected chi connectivity index (χ2v) is 8.33. The molecule has 0 saturated carbocycles. The van der Waals surface area contributed by atoms with Gasteiger partial charge in [-0.1, -0.05) is 58.1 Å². The number of hydrogen-bond donors (Lipinski definition) is 3. The van der Waals surface area contributed by atoms with Crippen LogP contribution in [0.5, 0.6) is 0 Å². The minimum absolute atomic E-state index is 0.0107. The topological polar surface area (TPSA) is 105 Å². The summed E-state index contributed by atoms with van der Waals surface area (Å²) in [6, 6.07) is 2.85. The van der Waals surface area contributed by atoms with E-state index < -0.39 is 15.4 Å². The quantitative estimate of drug-likeness (QED) is 0.296. The fourth-order valence-electron chi connectivity index (χ4n) is 1.36. The maximum absolute atomic E-state index is 12.3. The third-order valence-corrected chi connectivity index (χ3v) is 5.52. The van der Waals surface area contributed by atoms with Gasteiger partial charge in [-0.25, -0.2) is 13.1 Å². The van der Waals surface area contributed by atoms with Crippen molar-refractivity contribution in [1.29, 1.82) is 0 Å². The van der Waals surface area contributed by atoms with Gasteiger partial charge in [-0.15, -0.1) is 0 Å². The summed E-state index contributed by atoms with van der Waals surface area (Å²) in [6.45, 7) is 3.15. The van der Waals surface area contributed by atoms with Gasteiger partial charge >= 0.3 is 0 Å². The number of nitrogens with zero attached hydrogens (tertiary/aromatic N) is 1. The van der Waals surface area contributed by atoms with E-state index in [4.69, 9.17) is 34.1 Å². The Kier molecular flexibility index (Phi) is 5.91. The number of oxime groups is 1. The van der Waals surface area contributed by atoms with Gasteiger partial charge in [0, 0.05) is 16.4 Å². The Hall–Kier alpha value is -0.540. The summed E-state index contributed by atoms with van der Waals surface area (Å²) in [5, 5.41) is 11.5. The number of rotatable bonds is 5. The lowest BCUT2D eigenvalue weighted by molar-refractivity contribution is 0.307. The molecule has 0 aliphatic rings. The molecule has 0 aromatic heterocycles. The van der Waals surface area contributed by atoms with Crippen LogP contribution < -0.4 is 10.5 Å². The lowest BCUT2D eigenvalue weighted by atomic mass is 9.93. The first-order valence-corrected chi connectivity index (χ1v) is 8.66. The predicted octanol–water partition coefficient (Wildman–Crippen LogP) is 2.81. The number of hydrogen-bond acceptors (Lipinski definition) is 4. The Bertz CT molecular complexity index is 654. The summed E-state index contributed by atoms with van der Waals surface area (Å²) in [5.41, 5.74) is 4.63. The first-order valence-electron chi connectivity index (χ1n) is 5.63. The van der Waals surface area contributed by atoms with Crippen molar-refractivity contribution in [3.8, 4) is 0 Å². The maximum atomic E-state index is 12.3. The molecule has 4 N–H and O–H groups in total. The van der Waals surface area contributed by atoms with E-state index in [2.05, 4.69) is 25.8 Å². The lowest BCUT2D eigenvalue weighted by Gasteiger charge is -2.23. The van der Waals surface area contributed by atoms with Gasteiger partial charge in [0.25, 0.3) is 0 Å². The molecule has 0 aliphatic carbocycles. The van der Waals surface area contributed by atoms with E-state index in [-0.39, 0.29) is 27.3 Å². The molecule has 0 saturated heterocycles. The highest BCUT2D eigenvalue weighted by molar-refractivity contribution is 9.10. The average Bonchev–Trinajstić information content (AvgIpc) is 2.34. The van der Waals surface area contributed by atoms with Gasteiger partial charge in [-0.05, 0) is 12.1 Å². The third-order valence-electron chi connectivity index (χ3n) is 2.74. The van der Waals surface area contributed by atoms with Crippen LogP contribution in [0.25, 0.3) is 0 Å². The summed E-state index contributed by atoms with van der Waals surface area (Å²) >= 11 is 15.0. The van der Waals surface area contributed by atoms with Crippen molar-refractivity contribution in [3.05, 3.63) is 26.7 Å². The monoisotopic (exact) mass is 417 g/mol. The molecule has 6 nitrogen and oxygen atoms in total. The van der Waals surface area contributed by atoms with Crippen LogP contribution in [0.4, 0.5) is 0 Å². The number of benzene rings is 1. The van der Waals surface area contributed by atoms with E-state index >= 15 is 0 Å². The van der Waals surface area contributed by atoms with Crippen LogP contribution >= 0.6 is 39.1 Å². The summed E-state index contributed by atoms with van der Waals surface area (Å²) < 4.78 is 27.5. The number of nitrogens with one attached hydrogen (secondary N) is 1. The maximum Gasteiger partial charge on any atom is 0.243 e. The Labute approximate surface area is 141 Å². The third kappa shape index (κ3) is 4.46. The standard InChI is InChI=1S/C11H14BrCl2N3O3S/c1-11(2,10(15)17-18)5-16-21(19,20)9-7(13)3-6(12)4-8(9)14/h3-4,16,18H,5H2,1-2H3,(H2,15,17). The fourth-order valence-corrected chi connectivity index (χ4v) is 4.50. The molecule has 1 aromatic rings. The van der Waals surface area contributed by atoms with Crippen molar-refractivity contribution in [3.63, 3.8) is 0 Å². The van der Waals surface area contributed by atoms with E-state index in [9.17, 15) is 8.42 Å². The Balaban J connectivity index is 3.10. The molecule has 0 unspecified atom stereocenters. The Morgan fingerprint density at radius 2 is 1.90 bits per heavy atom. The second-order valence-electron chi connectivity index (χ2n) is 4.89. The zero-order chi connectivity index (χ0) is 16.4. The van der Waals surface area contributed by atoms with Crippen LogP contribution in [0.2, 0.25) is 10.0 Å². The number of nitrogens with two attached hydrogens (primary N) is 1. The highest BCUT2D eigenvalue weighted by Crippen LogP contribution is 2.33. The minimum atomic E-state index is -3.94. The molecule has 1 rings (SSSR count). The molecule has 21 heavy (non-hydrogen) atoms. The van der Waals surface area contributed by atoms with E-state index in [1.165, 1.54) is 12.1 Å². The number of sulfonamides is 1. The minimum Gasteiger partial charge on any atom is -0.409 e. The molecule has 0 radical (unpaired) electrons. The first kappa shape index (κ1) is 18.5. The Morgan fingerprint density at radius 3 is 2.33 bits per heavy atom. The number of amidine groups is 1. The zero-order valence-corrected chi connectivity index (χ0v) is 15.1. The van der Waals surface area contributed by atoms with Crippen molar-refractivity contribution in [2.75, 3.05) is 6.54 Å². The van der Waals surface area contributed by atoms with Crippen LogP contribution in [0.1, 0.15) is 13.8 Å². The fraction of sp³-hybridized carbons (Fsp3) is 0.364. The van der Waals surface area contributed by atoms with Gasteiger partial charge in [-0.3, -0.25) is 0 Å². The molecule has 0 fully saturated rings. The van der Waals surface area contributed by atoms with Crippen molar-refractivity contribution >= 4 is 55.0 Å². The van der Waals surface area contributed by atoms with Gasteiger partial charge in [0.1, 0.15) is 10.7 Å². The SMILES string of the molecule is CC(C)(CNS(=O)(=O)c1c(Cl)cc(Br)cc1Cl)C(N)=NO. The molecular weight excluding hydrogens is 405 g/mol. The summed E-state index contributed by atoms with van der Waals surface area (Å²) in [5.74, 6) is -0.0989. The van der Waals surface area contributed by atoms with Gasteiger partial charge in [-0.2, -0.15) is 0 Å². The Morgan fingerprint density at radius 1 is 1.43 bits per heavy atom. The second kappa shape index (κ2) is 6.70. The molecule has 0 heterocycles. The molecule has 1 aromatic carbocycles. The highest BCUT2D eigenvalue weighted by atomic mass is 79.9. The molecule has 0 aliphatic heterocycles. The molecule has 0 atom stereocenters. The van der Waals surface area contributed by atoms with Crippen molar-refractivity contribution in [2.24, 2.45) is 16.3 Å². The van der Waals surface area contributed by atoms with Gasteiger partial charge in [0.15, 0.2) is 0 Å². The van der Waals surface area contributed by atoms with Crippen molar-refractivity contribution < 1.29 is 13.6 Å². The van der Waals surface area contributed by atoms with Crippen LogP contribution in [-0.4, -0.2) is 26.0 Å². The predicted molar refractivity (Wildman–Crippen MR) is 86.5 cm³/mol. The van der Waals surface area contributed by atoms with Gasteiger partial charge < -0.3 is 10.9 Å². The molecule has 0 spiro atoms. The zero-order valence-electron chi connectivity index (χ0n) is 11.2. The molecule has 10 heteroatoms. The molecular formula is C11H14BrCl2N3O3S. The normalized spacial score (nSPS) is 13.5. The van der Waals surface area contributed by atoms with E-state index in [0.29, 0.717) is 4.47 Å². The van der Waals surface area contributed by atoms with E-state index in [1.807, 2.05) is 0 Å². The van der Waals surface area contributed by atoms with Crippen LogP contribution in [0.3, 0.4) is 0 Å². The van der Waals surface area contributed by atoms with Gasteiger partial charge in [0.05, 0.1) is 10.0 Å². The van der Waals surface area contributed by atoms with E-state index in [1.54, 1.807) is 13.8 Å². The smallest absolute Gasteiger partial charge is 0.243 e. The highest BCUT2D eigenvalue weighted by Gasteiger charge is 2.29. The molecule has 118 valence electrons. The first-order chi connectivity index (χ1) is 9.51. The average molecular weight is 419 g/mol. The van der Waals surface area contributed by atoms with Crippen molar-refractivity contribution in [1.82, 2.24) is 4.72 Å². The molecule has 0 amide bonds. The van der Waals surface area contributed by atoms with Crippen LogP contribution in [0.15, 0.2) is 26.7 Å². The lowest BCUT2D eigenvalue weighted by Crippen LogP contribution is -2.42. The number of halogens is 3. The summed E-state index contributed by atoms with van der Waals surface area (Å²) in [7, 11) is -3.94.